The van der Waals surface area contributed by atoms with Crippen molar-refractivity contribution in [1.82, 2.24) is 24.4 Å². The predicted octanol–water partition coefficient (Wildman–Crippen LogP) is 1.83. The van der Waals surface area contributed by atoms with E-state index in [1.54, 1.807) is 12.4 Å². The average molecular weight is 340 g/mol. The second kappa shape index (κ2) is 7.21. The van der Waals surface area contributed by atoms with Crippen LogP contribution in [0.15, 0.2) is 31.1 Å². The molecule has 0 N–H and O–H groups in total. The number of hydrogen-bond donors (Lipinski definition) is 0. The first-order valence-electron chi connectivity index (χ1n) is 9.11. The molecular formula is C18H24N6O. The van der Waals surface area contributed by atoms with E-state index in [0.29, 0.717) is 11.6 Å². The van der Waals surface area contributed by atoms with Crippen LogP contribution >= 0.6 is 0 Å². The van der Waals surface area contributed by atoms with Crippen LogP contribution in [-0.2, 0) is 6.54 Å². The summed E-state index contributed by atoms with van der Waals surface area (Å²) in [6.45, 7) is 4.55. The Bertz CT molecular complexity index is 710. The highest BCUT2D eigenvalue weighted by Crippen LogP contribution is 2.23. The fourth-order valence-electron chi connectivity index (χ4n) is 3.81. The Morgan fingerprint density at radius 3 is 2.80 bits per heavy atom. The lowest BCUT2D eigenvalue weighted by atomic mass is 9.98. The molecule has 2 aromatic heterocycles. The maximum Gasteiger partial charge on any atom is 0.274 e. The topological polar surface area (TPSA) is 67.2 Å². The maximum atomic E-state index is 12.6. The van der Waals surface area contributed by atoms with Crippen LogP contribution in [0.2, 0.25) is 0 Å². The molecule has 2 fully saturated rings. The lowest BCUT2D eigenvalue weighted by Gasteiger charge is -2.33. The van der Waals surface area contributed by atoms with E-state index in [1.165, 1.54) is 6.42 Å². The van der Waals surface area contributed by atoms with E-state index < -0.39 is 0 Å². The van der Waals surface area contributed by atoms with E-state index in [2.05, 4.69) is 24.4 Å². The summed E-state index contributed by atoms with van der Waals surface area (Å²) in [4.78, 5) is 29.7. The largest absolute Gasteiger partial charge is 0.355 e. The van der Waals surface area contributed by atoms with Gasteiger partial charge in [-0.1, -0.05) is 0 Å². The molecule has 1 amide bonds. The van der Waals surface area contributed by atoms with Gasteiger partial charge < -0.3 is 14.4 Å². The zero-order chi connectivity index (χ0) is 17.1. The van der Waals surface area contributed by atoms with Gasteiger partial charge in [0.05, 0.1) is 18.7 Å². The van der Waals surface area contributed by atoms with Crippen LogP contribution in [0.1, 0.15) is 36.2 Å². The third kappa shape index (κ3) is 3.65. The third-order valence-electron chi connectivity index (χ3n) is 5.11. The van der Waals surface area contributed by atoms with Gasteiger partial charge in [0, 0.05) is 45.1 Å². The highest BCUT2D eigenvalue weighted by atomic mass is 16.2. The molecule has 1 atom stereocenters. The number of amides is 1. The van der Waals surface area contributed by atoms with Crippen molar-refractivity contribution in [2.75, 3.05) is 31.1 Å². The van der Waals surface area contributed by atoms with Gasteiger partial charge in [0.25, 0.3) is 5.91 Å². The van der Waals surface area contributed by atoms with Gasteiger partial charge in [-0.3, -0.25) is 9.78 Å². The summed E-state index contributed by atoms with van der Waals surface area (Å²) in [7, 11) is 0. The quantitative estimate of drug-likeness (QED) is 0.849. The van der Waals surface area contributed by atoms with E-state index in [-0.39, 0.29) is 5.91 Å². The minimum absolute atomic E-state index is 0.0128. The second-order valence-electron chi connectivity index (χ2n) is 6.98. The number of nitrogens with zero attached hydrogens (tertiary/aromatic N) is 6. The highest BCUT2D eigenvalue weighted by molar-refractivity contribution is 5.92. The Morgan fingerprint density at radius 1 is 1.12 bits per heavy atom. The summed E-state index contributed by atoms with van der Waals surface area (Å²) >= 11 is 0. The van der Waals surface area contributed by atoms with E-state index in [9.17, 15) is 4.79 Å². The number of likely N-dealkylation sites (tertiary alicyclic amines) is 1. The monoisotopic (exact) mass is 340 g/mol. The van der Waals surface area contributed by atoms with Crippen LogP contribution in [0, 0.1) is 5.92 Å². The lowest BCUT2D eigenvalue weighted by molar-refractivity contribution is 0.0786. The smallest absolute Gasteiger partial charge is 0.274 e. The van der Waals surface area contributed by atoms with E-state index >= 15 is 0 Å². The first-order valence-corrected chi connectivity index (χ1v) is 9.11. The Morgan fingerprint density at radius 2 is 2.00 bits per heavy atom. The van der Waals surface area contributed by atoms with E-state index in [0.717, 1.165) is 57.8 Å². The normalized spacial score (nSPS) is 20.9. The summed E-state index contributed by atoms with van der Waals surface area (Å²) < 4.78 is 2.13. The van der Waals surface area contributed by atoms with Crippen molar-refractivity contribution in [3.05, 3.63) is 36.8 Å². The Hall–Kier alpha value is -2.44. The standard InChI is InChI=1S/C18H24N6O/c25-18(23-6-1-2-7-23)16-10-20-11-17(21-16)24-8-3-4-15(13-24)12-22-9-5-19-14-22/h5,9-11,14-15H,1-4,6-8,12-13H2. The van der Waals surface area contributed by atoms with Crippen molar-refractivity contribution >= 4 is 11.7 Å². The molecular weight excluding hydrogens is 316 g/mol. The van der Waals surface area contributed by atoms with Gasteiger partial charge >= 0.3 is 0 Å². The number of aromatic nitrogens is 4. The summed E-state index contributed by atoms with van der Waals surface area (Å²) in [6.07, 6.45) is 13.6. The van der Waals surface area contributed by atoms with Crippen molar-refractivity contribution in [3.63, 3.8) is 0 Å². The molecule has 4 rings (SSSR count). The van der Waals surface area contributed by atoms with Gasteiger partial charge in [-0.2, -0.15) is 0 Å². The number of carbonyl (C=O) groups excluding carboxylic acids is 1. The minimum Gasteiger partial charge on any atom is -0.355 e. The molecule has 0 aromatic carbocycles. The Labute approximate surface area is 147 Å². The molecule has 0 spiro atoms. The lowest BCUT2D eigenvalue weighted by Crippen LogP contribution is -2.38. The summed E-state index contributed by atoms with van der Waals surface area (Å²) in [5.74, 6) is 1.39. The average Bonchev–Trinajstić information content (AvgIpc) is 3.35. The van der Waals surface area contributed by atoms with E-state index in [4.69, 9.17) is 0 Å². The first kappa shape index (κ1) is 16.1. The molecule has 2 aliphatic rings. The number of piperidine rings is 1. The van der Waals surface area contributed by atoms with Crippen LogP contribution in [0.3, 0.4) is 0 Å². The molecule has 2 aromatic rings. The summed E-state index contributed by atoms with van der Waals surface area (Å²) in [5, 5.41) is 0. The molecule has 0 aliphatic carbocycles. The number of rotatable bonds is 4. The highest BCUT2D eigenvalue weighted by Gasteiger charge is 2.24. The van der Waals surface area contributed by atoms with Gasteiger partial charge in [0.2, 0.25) is 0 Å². The Kier molecular flexibility index (Phi) is 4.63. The second-order valence-corrected chi connectivity index (χ2v) is 6.98. The zero-order valence-electron chi connectivity index (χ0n) is 14.4. The van der Waals surface area contributed by atoms with Crippen LogP contribution in [0.25, 0.3) is 0 Å². The molecule has 132 valence electrons. The van der Waals surface area contributed by atoms with Gasteiger partial charge in [0.15, 0.2) is 0 Å². The SMILES string of the molecule is O=C(c1cncc(N2CCCC(Cn3ccnc3)C2)n1)N1CCCC1. The van der Waals surface area contributed by atoms with Gasteiger partial charge in [0.1, 0.15) is 11.5 Å². The van der Waals surface area contributed by atoms with Gasteiger partial charge in [-0.15, -0.1) is 0 Å². The third-order valence-corrected chi connectivity index (χ3v) is 5.11. The maximum absolute atomic E-state index is 12.6. The molecule has 2 saturated heterocycles. The van der Waals surface area contributed by atoms with Gasteiger partial charge in [-0.05, 0) is 31.6 Å². The van der Waals surface area contributed by atoms with Crippen molar-refractivity contribution in [3.8, 4) is 0 Å². The fraction of sp³-hybridized carbons (Fsp3) is 0.556. The number of anilines is 1. The molecule has 7 nitrogen and oxygen atoms in total. The molecule has 25 heavy (non-hydrogen) atoms. The fourth-order valence-corrected chi connectivity index (χ4v) is 3.81. The Balaban J connectivity index is 1.45. The minimum atomic E-state index is 0.0128. The molecule has 2 aliphatic heterocycles. The molecule has 0 saturated carbocycles. The first-order chi connectivity index (χ1) is 12.3. The van der Waals surface area contributed by atoms with Crippen molar-refractivity contribution < 1.29 is 4.79 Å². The van der Waals surface area contributed by atoms with E-state index in [1.807, 2.05) is 23.6 Å². The predicted molar refractivity (Wildman–Crippen MR) is 94.3 cm³/mol. The molecule has 7 heteroatoms. The van der Waals surface area contributed by atoms with Crippen LogP contribution in [0.4, 0.5) is 5.82 Å². The number of carbonyl (C=O) groups is 1. The number of imidazole rings is 1. The van der Waals surface area contributed by atoms with Crippen molar-refractivity contribution in [2.45, 2.75) is 32.2 Å². The molecule has 1 unspecified atom stereocenters. The summed E-state index contributed by atoms with van der Waals surface area (Å²) in [6, 6.07) is 0. The molecule has 0 bridgehead atoms. The zero-order valence-corrected chi connectivity index (χ0v) is 14.4. The van der Waals surface area contributed by atoms with Crippen LogP contribution in [-0.4, -0.2) is 56.5 Å². The number of hydrogen-bond acceptors (Lipinski definition) is 5. The van der Waals surface area contributed by atoms with Crippen LogP contribution < -0.4 is 4.90 Å². The van der Waals surface area contributed by atoms with Gasteiger partial charge in [-0.25, -0.2) is 9.97 Å². The van der Waals surface area contributed by atoms with Crippen molar-refractivity contribution in [2.24, 2.45) is 5.92 Å². The molecule has 0 radical (unpaired) electrons. The molecule has 4 heterocycles. The van der Waals surface area contributed by atoms with Crippen molar-refractivity contribution in [1.29, 1.82) is 0 Å². The van der Waals surface area contributed by atoms with Crippen LogP contribution in [0.5, 0.6) is 0 Å². The summed E-state index contributed by atoms with van der Waals surface area (Å²) in [5.41, 5.74) is 0.469.